The Kier molecular flexibility index (Phi) is 9.76. The fourth-order valence-electron chi connectivity index (χ4n) is 5.96. The lowest BCUT2D eigenvalue weighted by molar-refractivity contribution is -0.149. The van der Waals surface area contributed by atoms with Crippen molar-refractivity contribution in [2.24, 2.45) is 11.7 Å². The van der Waals surface area contributed by atoms with Gasteiger partial charge >= 0.3 is 0 Å². The van der Waals surface area contributed by atoms with Gasteiger partial charge in [0.15, 0.2) is 0 Å². The first-order chi connectivity index (χ1) is 18.3. The van der Waals surface area contributed by atoms with Crippen LogP contribution in [0.2, 0.25) is 0 Å². The third-order valence-electron chi connectivity index (χ3n) is 7.90. The summed E-state index contributed by atoms with van der Waals surface area (Å²) >= 11 is 0. The average molecular weight is 529 g/mol. The number of benzene rings is 2. The van der Waals surface area contributed by atoms with Crippen molar-refractivity contribution < 1.29 is 28.5 Å². The smallest absolute Gasteiger partial charge is 0.225 e. The number of aryl methyl sites for hydroxylation is 1. The van der Waals surface area contributed by atoms with Crippen molar-refractivity contribution >= 4 is 5.91 Å². The van der Waals surface area contributed by atoms with Crippen molar-refractivity contribution in [2.75, 3.05) is 40.5 Å². The van der Waals surface area contributed by atoms with Crippen LogP contribution in [0.3, 0.4) is 0 Å². The molecule has 1 amide bonds. The van der Waals surface area contributed by atoms with E-state index in [-0.39, 0.29) is 23.7 Å². The molecule has 1 saturated carbocycles. The van der Waals surface area contributed by atoms with Crippen LogP contribution in [0.15, 0.2) is 36.4 Å². The fourth-order valence-corrected chi connectivity index (χ4v) is 5.96. The van der Waals surface area contributed by atoms with Gasteiger partial charge in [0, 0.05) is 50.2 Å². The lowest BCUT2D eigenvalue weighted by Crippen LogP contribution is -2.52. The lowest BCUT2D eigenvalue weighted by Gasteiger charge is -2.39. The highest BCUT2D eigenvalue weighted by atomic mass is 19.1. The Morgan fingerprint density at radius 1 is 1.26 bits per heavy atom. The summed E-state index contributed by atoms with van der Waals surface area (Å²) in [6.07, 6.45) is 2.09. The number of rotatable bonds is 10. The number of morpholine rings is 1. The Morgan fingerprint density at radius 2 is 2.08 bits per heavy atom. The molecule has 0 aromatic heterocycles. The van der Waals surface area contributed by atoms with Crippen molar-refractivity contribution in [1.29, 1.82) is 0 Å². The number of halogens is 1. The first-order valence-corrected chi connectivity index (χ1v) is 13.6. The zero-order valence-corrected chi connectivity index (χ0v) is 22.7. The van der Waals surface area contributed by atoms with Crippen LogP contribution in [0.4, 0.5) is 4.39 Å². The predicted molar refractivity (Wildman–Crippen MR) is 145 cm³/mol. The molecule has 2 aromatic carbocycles. The van der Waals surface area contributed by atoms with Gasteiger partial charge in [-0.25, -0.2) is 4.39 Å². The summed E-state index contributed by atoms with van der Waals surface area (Å²) in [5.74, 6) is -0.125. The average Bonchev–Trinajstić information content (AvgIpc) is 3.36. The van der Waals surface area contributed by atoms with Gasteiger partial charge in [0.2, 0.25) is 5.91 Å². The third-order valence-corrected chi connectivity index (χ3v) is 7.90. The molecule has 0 radical (unpaired) electrons. The SMILES string of the molecule is COCCC[C@H](c1cccc(F)c1-c1cc(C)cc(OC)c1)C(O)[C@H]1CN(C(=O)[C@@H]2CC[C@H](N)C2)CCO1. The van der Waals surface area contributed by atoms with Crippen molar-refractivity contribution in [2.45, 2.75) is 63.2 Å². The van der Waals surface area contributed by atoms with Gasteiger partial charge in [-0.05, 0) is 73.9 Å². The fraction of sp³-hybridized carbons (Fsp3) is 0.567. The molecule has 2 fully saturated rings. The highest BCUT2D eigenvalue weighted by Crippen LogP contribution is 2.39. The third kappa shape index (κ3) is 6.54. The monoisotopic (exact) mass is 528 g/mol. The molecule has 1 heterocycles. The van der Waals surface area contributed by atoms with Crippen LogP contribution >= 0.6 is 0 Å². The van der Waals surface area contributed by atoms with Crippen LogP contribution in [0.1, 0.15) is 49.1 Å². The first-order valence-electron chi connectivity index (χ1n) is 13.6. The molecular weight excluding hydrogens is 487 g/mol. The number of carbonyl (C=O) groups is 1. The Hall–Kier alpha value is -2.52. The highest BCUT2D eigenvalue weighted by molar-refractivity contribution is 5.79. The topological polar surface area (TPSA) is 94.2 Å². The molecule has 1 saturated heterocycles. The summed E-state index contributed by atoms with van der Waals surface area (Å²) in [5, 5.41) is 11.7. The molecule has 1 unspecified atom stereocenters. The number of nitrogens with two attached hydrogens (primary N) is 1. The van der Waals surface area contributed by atoms with E-state index >= 15 is 4.39 Å². The second-order valence-electron chi connectivity index (χ2n) is 10.6. The molecule has 2 aliphatic rings. The van der Waals surface area contributed by atoms with E-state index in [1.807, 2.05) is 36.1 Å². The predicted octanol–water partition coefficient (Wildman–Crippen LogP) is 4.04. The summed E-state index contributed by atoms with van der Waals surface area (Å²) in [6, 6.07) is 10.7. The zero-order chi connectivity index (χ0) is 27.2. The van der Waals surface area contributed by atoms with Crippen molar-refractivity contribution in [3.8, 4) is 16.9 Å². The van der Waals surface area contributed by atoms with Crippen LogP contribution < -0.4 is 10.5 Å². The van der Waals surface area contributed by atoms with Crippen LogP contribution in [-0.2, 0) is 14.3 Å². The van der Waals surface area contributed by atoms with Crippen LogP contribution in [-0.4, -0.2) is 74.7 Å². The van der Waals surface area contributed by atoms with Gasteiger partial charge in [-0.2, -0.15) is 0 Å². The second-order valence-corrected chi connectivity index (χ2v) is 10.6. The number of carbonyl (C=O) groups excluding carboxylic acids is 1. The Morgan fingerprint density at radius 3 is 2.79 bits per heavy atom. The van der Waals surface area contributed by atoms with Gasteiger partial charge in [0.05, 0.1) is 19.8 Å². The van der Waals surface area contributed by atoms with Gasteiger partial charge in [-0.3, -0.25) is 4.79 Å². The van der Waals surface area contributed by atoms with Crippen LogP contribution in [0, 0.1) is 18.7 Å². The number of hydrogen-bond acceptors (Lipinski definition) is 6. The maximum absolute atomic E-state index is 15.5. The number of hydrogen-bond donors (Lipinski definition) is 2. The van der Waals surface area contributed by atoms with Crippen molar-refractivity contribution in [3.05, 3.63) is 53.3 Å². The zero-order valence-electron chi connectivity index (χ0n) is 22.7. The number of aliphatic hydroxyl groups is 1. The van der Waals surface area contributed by atoms with E-state index in [2.05, 4.69) is 0 Å². The quantitative estimate of drug-likeness (QED) is 0.452. The van der Waals surface area contributed by atoms with Crippen molar-refractivity contribution in [1.82, 2.24) is 4.90 Å². The molecular formula is C30H41FN2O5. The number of ether oxygens (including phenoxy) is 3. The Bertz CT molecular complexity index is 1100. The molecule has 208 valence electrons. The molecule has 5 atom stereocenters. The van der Waals surface area contributed by atoms with Crippen LogP contribution in [0.5, 0.6) is 5.75 Å². The summed E-state index contributed by atoms with van der Waals surface area (Å²) in [5.41, 5.74) is 8.83. The molecule has 0 bridgehead atoms. The summed E-state index contributed by atoms with van der Waals surface area (Å²) in [4.78, 5) is 15.0. The molecule has 38 heavy (non-hydrogen) atoms. The first kappa shape index (κ1) is 28.5. The summed E-state index contributed by atoms with van der Waals surface area (Å²) in [6.45, 7) is 3.61. The van der Waals surface area contributed by atoms with E-state index < -0.39 is 18.1 Å². The summed E-state index contributed by atoms with van der Waals surface area (Å²) in [7, 11) is 3.23. The lowest BCUT2D eigenvalue weighted by atomic mass is 9.81. The number of methoxy groups -OCH3 is 2. The standard InChI is InChI=1S/C30H41FN2O5/c1-19-14-21(17-23(15-19)37-3)28-24(6-4-8-26(28)31)25(7-5-12-36-2)29(34)27-18-33(11-13-38-27)30(35)20-9-10-22(32)16-20/h4,6,8,14-15,17,20,22,25,27,29,34H,5,7,9-13,16,18,32H2,1-3H3/t20-,22+,25-,27-,29?/m1/s1. The van der Waals surface area contributed by atoms with E-state index in [0.29, 0.717) is 68.0 Å². The number of aliphatic hydroxyl groups excluding tert-OH is 1. The molecule has 3 N–H and O–H groups in total. The van der Waals surface area contributed by atoms with Gasteiger partial charge in [-0.1, -0.05) is 18.2 Å². The molecule has 4 rings (SSSR count). The van der Waals surface area contributed by atoms with Gasteiger partial charge in [0.25, 0.3) is 0 Å². The Labute approximate surface area is 225 Å². The van der Waals surface area contributed by atoms with Crippen LogP contribution in [0.25, 0.3) is 11.1 Å². The van der Waals surface area contributed by atoms with E-state index in [1.54, 1.807) is 20.3 Å². The van der Waals surface area contributed by atoms with Gasteiger partial charge in [-0.15, -0.1) is 0 Å². The molecule has 2 aromatic rings. The largest absolute Gasteiger partial charge is 0.497 e. The maximum atomic E-state index is 15.5. The van der Waals surface area contributed by atoms with E-state index in [4.69, 9.17) is 19.9 Å². The highest BCUT2D eigenvalue weighted by Gasteiger charge is 2.38. The molecule has 7 nitrogen and oxygen atoms in total. The molecule has 1 aliphatic heterocycles. The summed E-state index contributed by atoms with van der Waals surface area (Å²) < 4.78 is 32.3. The molecule has 1 aliphatic carbocycles. The minimum atomic E-state index is -0.944. The van der Waals surface area contributed by atoms with Crippen molar-refractivity contribution in [3.63, 3.8) is 0 Å². The molecule has 8 heteroatoms. The normalized spacial score (nSPS) is 23.3. The minimum Gasteiger partial charge on any atom is -0.497 e. The number of nitrogens with zero attached hydrogens (tertiary/aromatic N) is 1. The maximum Gasteiger partial charge on any atom is 0.225 e. The molecule has 0 spiro atoms. The van der Waals surface area contributed by atoms with E-state index in [0.717, 1.165) is 18.4 Å². The van der Waals surface area contributed by atoms with Gasteiger partial charge < -0.3 is 30.0 Å². The number of amides is 1. The Balaban J connectivity index is 1.64. The van der Waals surface area contributed by atoms with E-state index in [9.17, 15) is 9.90 Å². The minimum absolute atomic E-state index is 0.0653. The van der Waals surface area contributed by atoms with Gasteiger partial charge in [0.1, 0.15) is 17.7 Å². The second kappa shape index (κ2) is 13.0. The van der Waals surface area contributed by atoms with E-state index in [1.165, 1.54) is 6.07 Å².